The summed E-state index contributed by atoms with van der Waals surface area (Å²) in [5, 5.41) is 0. The van der Waals surface area contributed by atoms with E-state index in [1.807, 2.05) is 22.7 Å². The maximum absolute atomic E-state index is 2.28. The molecular formula is C19H20S2. The predicted octanol–water partition coefficient (Wildman–Crippen LogP) is 6.79. The lowest BCUT2D eigenvalue weighted by molar-refractivity contribution is 0.804. The van der Waals surface area contributed by atoms with Crippen molar-refractivity contribution in [1.82, 2.24) is 0 Å². The molecule has 21 heavy (non-hydrogen) atoms. The van der Waals surface area contributed by atoms with Crippen LogP contribution in [0.1, 0.15) is 29.5 Å². The summed E-state index contributed by atoms with van der Waals surface area (Å²) in [6.07, 6.45) is 3.77. The smallest absolute Gasteiger partial charge is 0.0345 e. The molecule has 0 fully saturated rings. The van der Waals surface area contributed by atoms with Crippen LogP contribution in [0.3, 0.4) is 0 Å². The first-order chi connectivity index (χ1) is 10.3. The van der Waals surface area contributed by atoms with E-state index in [2.05, 4.69) is 62.4 Å². The van der Waals surface area contributed by atoms with Crippen molar-refractivity contribution in [2.45, 2.75) is 33.1 Å². The molecule has 0 bridgehead atoms. The Balaban J connectivity index is 1.79. The SMILES string of the molecule is CCCCc1ccc(-c2ccc(-c3ccc(C)s3)cc2)s1. The van der Waals surface area contributed by atoms with Crippen molar-refractivity contribution in [2.24, 2.45) is 0 Å². The van der Waals surface area contributed by atoms with Gasteiger partial charge < -0.3 is 0 Å². The van der Waals surface area contributed by atoms with E-state index in [0.717, 1.165) is 0 Å². The molecule has 0 unspecified atom stereocenters. The van der Waals surface area contributed by atoms with E-state index < -0.39 is 0 Å². The zero-order valence-electron chi connectivity index (χ0n) is 12.6. The summed E-state index contributed by atoms with van der Waals surface area (Å²) in [5.41, 5.74) is 2.65. The van der Waals surface area contributed by atoms with Crippen LogP contribution in [-0.2, 0) is 6.42 Å². The Kier molecular flexibility index (Phi) is 4.57. The Morgan fingerprint density at radius 1 is 0.762 bits per heavy atom. The average molecular weight is 313 g/mol. The lowest BCUT2D eigenvalue weighted by atomic mass is 10.1. The molecule has 0 amide bonds. The summed E-state index contributed by atoms with van der Waals surface area (Å²) in [5.74, 6) is 0. The summed E-state index contributed by atoms with van der Waals surface area (Å²) < 4.78 is 0. The number of thiophene rings is 2. The van der Waals surface area contributed by atoms with Crippen molar-refractivity contribution in [3.63, 3.8) is 0 Å². The molecule has 2 heteroatoms. The molecule has 0 N–H and O–H groups in total. The molecule has 0 aliphatic heterocycles. The van der Waals surface area contributed by atoms with Gasteiger partial charge in [-0.2, -0.15) is 0 Å². The standard InChI is InChI=1S/C19H20S2/c1-3-4-5-17-11-13-19(21-17)16-9-7-15(8-10-16)18-12-6-14(2)20-18/h6-13H,3-5H2,1-2H3. The van der Waals surface area contributed by atoms with Gasteiger partial charge in [0.25, 0.3) is 0 Å². The molecule has 0 saturated heterocycles. The maximum Gasteiger partial charge on any atom is 0.0345 e. The van der Waals surface area contributed by atoms with Gasteiger partial charge in [0.15, 0.2) is 0 Å². The third kappa shape index (κ3) is 3.45. The minimum absolute atomic E-state index is 1.22. The maximum atomic E-state index is 2.28. The third-order valence-electron chi connectivity index (χ3n) is 3.63. The molecule has 0 saturated carbocycles. The van der Waals surface area contributed by atoms with E-state index in [1.54, 1.807) is 0 Å². The third-order valence-corrected chi connectivity index (χ3v) is 5.88. The van der Waals surface area contributed by atoms with Gasteiger partial charge in [0.05, 0.1) is 0 Å². The van der Waals surface area contributed by atoms with Crippen LogP contribution in [0.2, 0.25) is 0 Å². The Morgan fingerprint density at radius 2 is 1.38 bits per heavy atom. The molecule has 0 aliphatic rings. The molecule has 3 aromatic rings. The monoisotopic (exact) mass is 312 g/mol. The van der Waals surface area contributed by atoms with Crippen molar-refractivity contribution in [3.05, 3.63) is 58.3 Å². The minimum Gasteiger partial charge on any atom is -0.141 e. The Hall–Kier alpha value is -1.38. The molecule has 1 aromatic carbocycles. The van der Waals surface area contributed by atoms with Crippen LogP contribution in [0, 0.1) is 6.92 Å². The van der Waals surface area contributed by atoms with Crippen molar-refractivity contribution >= 4 is 22.7 Å². The molecule has 0 nitrogen and oxygen atoms in total. The van der Waals surface area contributed by atoms with Crippen LogP contribution in [0.25, 0.3) is 20.9 Å². The quantitative estimate of drug-likeness (QED) is 0.486. The summed E-state index contributed by atoms with van der Waals surface area (Å²) in [4.78, 5) is 5.61. The van der Waals surface area contributed by atoms with Gasteiger partial charge in [0, 0.05) is 19.5 Å². The van der Waals surface area contributed by atoms with Gasteiger partial charge in [-0.15, -0.1) is 22.7 Å². The van der Waals surface area contributed by atoms with Crippen LogP contribution in [0.4, 0.5) is 0 Å². The molecule has 0 spiro atoms. The van der Waals surface area contributed by atoms with Crippen molar-refractivity contribution < 1.29 is 0 Å². The normalized spacial score (nSPS) is 11.0. The van der Waals surface area contributed by atoms with Crippen LogP contribution < -0.4 is 0 Å². The number of hydrogen-bond donors (Lipinski definition) is 0. The molecule has 0 atom stereocenters. The van der Waals surface area contributed by atoms with E-state index in [-0.39, 0.29) is 0 Å². The lowest BCUT2D eigenvalue weighted by Crippen LogP contribution is -1.76. The summed E-state index contributed by atoms with van der Waals surface area (Å²) in [6.45, 7) is 4.41. The van der Waals surface area contributed by atoms with E-state index in [1.165, 1.54) is 49.9 Å². The largest absolute Gasteiger partial charge is 0.141 e. The van der Waals surface area contributed by atoms with Gasteiger partial charge in [0.1, 0.15) is 0 Å². The average Bonchev–Trinajstić information content (AvgIpc) is 3.14. The zero-order chi connectivity index (χ0) is 14.7. The number of benzene rings is 1. The Labute approximate surface area is 135 Å². The van der Waals surface area contributed by atoms with Gasteiger partial charge >= 0.3 is 0 Å². The highest BCUT2D eigenvalue weighted by atomic mass is 32.1. The number of unbranched alkanes of at least 4 members (excludes halogenated alkanes) is 1. The van der Waals surface area contributed by atoms with Gasteiger partial charge in [-0.05, 0) is 55.2 Å². The Morgan fingerprint density at radius 3 is 1.95 bits per heavy atom. The Bertz CT molecular complexity index is 701. The molecule has 0 radical (unpaired) electrons. The zero-order valence-corrected chi connectivity index (χ0v) is 14.2. The predicted molar refractivity (Wildman–Crippen MR) is 96.4 cm³/mol. The second-order valence-corrected chi connectivity index (χ2v) is 7.81. The molecule has 2 aromatic heterocycles. The van der Waals surface area contributed by atoms with Crippen LogP contribution >= 0.6 is 22.7 Å². The van der Waals surface area contributed by atoms with E-state index in [0.29, 0.717) is 0 Å². The van der Waals surface area contributed by atoms with Gasteiger partial charge in [-0.1, -0.05) is 37.6 Å². The van der Waals surface area contributed by atoms with E-state index in [4.69, 9.17) is 0 Å². The fraction of sp³-hybridized carbons (Fsp3) is 0.263. The lowest BCUT2D eigenvalue weighted by Gasteiger charge is -2.01. The molecule has 2 heterocycles. The summed E-state index contributed by atoms with van der Waals surface area (Å²) >= 11 is 3.79. The molecule has 3 rings (SSSR count). The summed E-state index contributed by atoms with van der Waals surface area (Å²) in [6, 6.07) is 17.9. The summed E-state index contributed by atoms with van der Waals surface area (Å²) in [7, 11) is 0. The number of aryl methyl sites for hydroxylation is 2. The van der Waals surface area contributed by atoms with E-state index in [9.17, 15) is 0 Å². The van der Waals surface area contributed by atoms with Gasteiger partial charge in [-0.25, -0.2) is 0 Å². The topological polar surface area (TPSA) is 0 Å². The highest BCUT2D eigenvalue weighted by molar-refractivity contribution is 7.15. The van der Waals surface area contributed by atoms with Crippen molar-refractivity contribution in [2.75, 3.05) is 0 Å². The number of hydrogen-bond acceptors (Lipinski definition) is 2. The minimum atomic E-state index is 1.22. The first kappa shape index (κ1) is 14.6. The fourth-order valence-electron chi connectivity index (χ4n) is 2.41. The van der Waals surface area contributed by atoms with Crippen molar-refractivity contribution in [3.8, 4) is 20.9 Å². The van der Waals surface area contributed by atoms with Gasteiger partial charge in [-0.3, -0.25) is 0 Å². The molecular weight excluding hydrogens is 292 g/mol. The molecule has 0 aliphatic carbocycles. The second kappa shape index (κ2) is 6.59. The highest BCUT2D eigenvalue weighted by Crippen LogP contribution is 2.32. The first-order valence-corrected chi connectivity index (χ1v) is 9.15. The van der Waals surface area contributed by atoms with E-state index >= 15 is 0 Å². The highest BCUT2D eigenvalue weighted by Gasteiger charge is 2.05. The molecule has 108 valence electrons. The fourth-order valence-corrected chi connectivity index (χ4v) is 4.33. The van der Waals surface area contributed by atoms with Crippen LogP contribution in [0.15, 0.2) is 48.5 Å². The number of rotatable bonds is 5. The van der Waals surface area contributed by atoms with Gasteiger partial charge in [0.2, 0.25) is 0 Å². The first-order valence-electron chi connectivity index (χ1n) is 7.52. The second-order valence-electron chi connectivity index (χ2n) is 5.36. The van der Waals surface area contributed by atoms with Crippen LogP contribution in [0.5, 0.6) is 0 Å². The van der Waals surface area contributed by atoms with Crippen LogP contribution in [-0.4, -0.2) is 0 Å². The van der Waals surface area contributed by atoms with Crippen molar-refractivity contribution in [1.29, 1.82) is 0 Å².